The van der Waals surface area contributed by atoms with Crippen LogP contribution >= 0.6 is 0 Å². The molecule has 2 heterocycles. The Morgan fingerprint density at radius 1 is 0.870 bits per heavy atom. The summed E-state index contributed by atoms with van der Waals surface area (Å²) in [6.45, 7) is 7.71. The van der Waals surface area contributed by atoms with Gasteiger partial charge >= 0.3 is 11.9 Å². The number of nitrogens with zero attached hydrogens (tertiary/aromatic N) is 2. The number of piperidine rings is 2. The van der Waals surface area contributed by atoms with E-state index in [4.69, 9.17) is 0 Å². The third-order valence-corrected chi connectivity index (χ3v) is 11.3. The number of nitrogens with one attached hydrogen (secondary N) is 1. The van der Waals surface area contributed by atoms with Gasteiger partial charge in [-0.1, -0.05) is 79.7 Å². The maximum absolute atomic E-state index is 13.5. The minimum atomic E-state index is -1.51. The summed E-state index contributed by atoms with van der Waals surface area (Å²) in [6, 6.07) is 26.0. The second kappa shape index (κ2) is 13.3. The lowest BCUT2D eigenvalue weighted by Crippen LogP contribution is -2.69. The molecule has 0 bridgehead atoms. The predicted octanol–water partition coefficient (Wildman–Crippen LogP) is 6.47. The van der Waals surface area contributed by atoms with Gasteiger partial charge in [0.1, 0.15) is 0 Å². The summed E-state index contributed by atoms with van der Waals surface area (Å²) in [5, 5.41) is 36.9. The monoisotopic (exact) mass is 627 g/mol. The Bertz CT molecular complexity index is 1500. The lowest BCUT2D eigenvalue weighted by molar-refractivity contribution is -0.385. The van der Waals surface area contributed by atoms with E-state index in [9.17, 15) is 29.9 Å². The van der Waals surface area contributed by atoms with Gasteiger partial charge in [-0.05, 0) is 82.3 Å². The quantitative estimate of drug-likeness (QED) is 0.163. The number of rotatable bonds is 11. The Morgan fingerprint density at radius 3 is 1.91 bits per heavy atom. The van der Waals surface area contributed by atoms with Crippen molar-refractivity contribution < 1.29 is 24.7 Å². The van der Waals surface area contributed by atoms with Crippen LogP contribution in [0.2, 0.25) is 0 Å². The van der Waals surface area contributed by atoms with Crippen molar-refractivity contribution in [3.8, 4) is 0 Å². The molecule has 46 heavy (non-hydrogen) atoms. The van der Waals surface area contributed by atoms with Gasteiger partial charge in [0.25, 0.3) is 5.69 Å². The molecule has 5 rings (SSSR count). The van der Waals surface area contributed by atoms with Crippen LogP contribution in [0.15, 0.2) is 84.9 Å². The minimum Gasteiger partial charge on any atom is -0.481 e. The number of carboxylic acid groups (broad SMARTS) is 2. The van der Waals surface area contributed by atoms with Gasteiger partial charge in [0.15, 0.2) is 0 Å². The first-order valence-electron chi connectivity index (χ1n) is 16.3. The zero-order chi connectivity index (χ0) is 33.1. The zero-order valence-electron chi connectivity index (χ0n) is 26.9. The van der Waals surface area contributed by atoms with E-state index >= 15 is 0 Å². The third kappa shape index (κ3) is 5.60. The number of aliphatic carboxylic acids is 2. The van der Waals surface area contributed by atoms with Crippen LogP contribution in [0, 0.1) is 20.9 Å². The molecule has 2 aliphatic heterocycles. The maximum Gasteiger partial charge on any atom is 0.311 e. The molecular weight excluding hydrogens is 582 g/mol. The number of non-ortho nitro benzene ring substituents is 1. The highest BCUT2D eigenvalue weighted by Gasteiger charge is 2.66. The average molecular weight is 628 g/mol. The normalized spacial score (nSPS) is 27.9. The molecule has 0 radical (unpaired) electrons. The summed E-state index contributed by atoms with van der Waals surface area (Å²) < 4.78 is 0. The van der Waals surface area contributed by atoms with Crippen molar-refractivity contribution in [2.45, 2.75) is 76.3 Å². The van der Waals surface area contributed by atoms with E-state index in [0.29, 0.717) is 18.5 Å². The van der Waals surface area contributed by atoms with E-state index in [1.165, 1.54) is 29.3 Å². The van der Waals surface area contributed by atoms with Gasteiger partial charge in [-0.3, -0.25) is 19.7 Å². The first-order chi connectivity index (χ1) is 22.0. The number of nitro groups is 1. The lowest BCUT2D eigenvalue weighted by Gasteiger charge is -2.57. The topological polar surface area (TPSA) is 133 Å². The van der Waals surface area contributed by atoms with Crippen LogP contribution in [-0.4, -0.2) is 63.7 Å². The highest BCUT2D eigenvalue weighted by atomic mass is 16.6. The SMILES string of the molecule is CCC1(C(=O)O)C(c2cccc([N+](=O)[O-])c2)C(CCCN2CCC(c3ccccc3)(c3ccccc3)CC2)(C(=O)O)C(C)N[C@@H]1C. The standard InChI is InChI=1S/C37H45N3O6/c1-4-36(33(41)42)26(2)38-27(3)37(34(43)44,32(36)28-13-11-18-31(25-28)40(45)46)19-12-22-39-23-20-35(21-24-39,29-14-7-5-8-15-29)30-16-9-6-10-17-30/h5-11,13-18,25-27,32,38H,4,12,19-24H2,1-3H3,(H,41,42)(H,43,44)/t26-,27?,32?,36?,37?/m1/s1. The highest BCUT2D eigenvalue weighted by molar-refractivity contribution is 5.84. The second-order valence-electron chi connectivity index (χ2n) is 13.2. The Morgan fingerprint density at radius 2 is 1.41 bits per heavy atom. The summed E-state index contributed by atoms with van der Waals surface area (Å²) in [5.74, 6) is -3.17. The van der Waals surface area contributed by atoms with E-state index in [-0.39, 0.29) is 23.9 Å². The van der Waals surface area contributed by atoms with Gasteiger partial charge < -0.3 is 20.4 Å². The summed E-state index contributed by atoms with van der Waals surface area (Å²) in [7, 11) is 0. The fourth-order valence-corrected chi connectivity index (χ4v) is 8.80. The summed E-state index contributed by atoms with van der Waals surface area (Å²) in [5.41, 5.74) is -0.305. The average Bonchev–Trinajstić information content (AvgIpc) is 3.06. The van der Waals surface area contributed by atoms with Crippen molar-refractivity contribution in [3.05, 3.63) is 112 Å². The number of carboxylic acids is 2. The molecule has 5 atom stereocenters. The number of likely N-dealkylation sites (tertiary alicyclic amines) is 1. The Balaban J connectivity index is 1.44. The molecule has 0 aromatic heterocycles. The predicted molar refractivity (Wildman–Crippen MR) is 177 cm³/mol. The Hall–Kier alpha value is -4.08. The van der Waals surface area contributed by atoms with Gasteiger partial charge in [-0.2, -0.15) is 0 Å². The van der Waals surface area contributed by atoms with Gasteiger partial charge in [0.2, 0.25) is 0 Å². The van der Waals surface area contributed by atoms with Gasteiger partial charge in [-0.15, -0.1) is 0 Å². The minimum absolute atomic E-state index is 0.103. The second-order valence-corrected chi connectivity index (χ2v) is 13.2. The summed E-state index contributed by atoms with van der Waals surface area (Å²) in [6.07, 6.45) is 2.79. The van der Waals surface area contributed by atoms with E-state index < -0.39 is 45.7 Å². The molecule has 2 fully saturated rings. The van der Waals surface area contributed by atoms with Crippen LogP contribution in [-0.2, 0) is 15.0 Å². The van der Waals surface area contributed by atoms with Crippen molar-refractivity contribution in [2.75, 3.05) is 19.6 Å². The molecule has 9 nitrogen and oxygen atoms in total. The molecule has 2 aliphatic rings. The van der Waals surface area contributed by atoms with Crippen LogP contribution in [0.1, 0.15) is 75.5 Å². The first kappa shape index (κ1) is 33.3. The van der Waals surface area contributed by atoms with Gasteiger partial charge in [-0.25, -0.2) is 0 Å². The van der Waals surface area contributed by atoms with Crippen LogP contribution in [0.4, 0.5) is 5.69 Å². The molecule has 0 saturated carbocycles. The number of carbonyl (C=O) groups is 2. The van der Waals surface area contributed by atoms with Crippen molar-refractivity contribution in [2.24, 2.45) is 10.8 Å². The number of hydrogen-bond acceptors (Lipinski definition) is 6. The molecule has 4 unspecified atom stereocenters. The van der Waals surface area contributed by atoms with Crippen LogP contribution in [0.25, 0.3) is 0 Å². The highest BCUT2D eigenvalue weighted by Crippen LogP contribution is 2.59. The summed E-state index contributed by atoms with van der Waals surface area (Å²) >= 11 is 0. The van der Waals surface area contributed by atoms with Crippen molar-refractivity contribution in [1.29, 1.82) is 0 Å². The van der Waals surface area contributed by atoms with E-state index in [1.807, 2.05) is 19.1 Å². The van der Waals surface area contributed by atoms with Crippen molar-refractivity contribution in [3.63, 3.8) is 0 Å². The smallest absolute Gasteiger partial charge is 0.311 e. The molecule has 3 N–H and O–H groups in total. The lowest BCUT2D eigenvalue weighted by atomic mass is 9.49. The van der Waals surface area contributed by atoms with E-state index in [1.54, 1.807) is 19.9 Å². The third-order valence-electron chi connectivity index (χ3n) is 11.3. The Kier molecular flexibility index (Phi) is 9.65. The molecule has 2 saturated heterocycles. The maximum atomic E-state index is 13.5. The molecule has 3 aromatic rings. The van der Waals surface area contributed by atoms with Crippen LogP contribution in [0.5, 0.6) is 0 Å². The van der Waals surface area contributed by atoms with E-state index in [0.717, 1.165) is 25.9 Å². The molecule has 0 aliphatic carbocycles. The number of nitro benzene ring substituents is 1. The fraction of sp³-hybridized carbons (Fsp3) is 0.459. The molecule has 0 spiro atoms. The van der Waals surface area contributed by atoms with Crippen LogP contribution in [0.3, 0.4) is 0 Å². The number of hydrogen-bond donors (Lipinski definition) is 3. The molecule has 9 heteroatoms. The first-order valence-corrected chi connectivity index (χ1v) is 16.3. The van der Waals surface area contributed by atoms with Crippen LogP contribution < -0.4 is 5.32 Å². The molecule has 244 valence electrons. The largest absolute Gasteiger partial charge is 0.481 e. The van der Waals surface area contributed by atoms with Gasteiger partial charge in [0, 0.05) is 35.5 Å². The molecule has 0 amide bonds. The zero-order valence-corrected chi connectivity index (χ0v) is 26.9. The molecular formula is C37H45N3O6. The fourth-order valence-electron chi connectivity index (χ4n) is 8.80. The summed E-state index contributed by atoms with van der Waals surface area (Å²) in [4.78, 5) is 40.3. The molecule has 3 aromatic carbocycles. The van der Waals surface area contributed by atoms with Crippen molar-refractivity contribution in [1.82, 2.24) is 10.2 Å². The Labute approximate surface area is 270 Å². The van der Waals surface area contributed by atoms with Gasteiger partial charge in [0.05, 0.1) is 15.8 Å². The number of benzene rings is 3. The van der Waals surface area contributed by atoms with E-state index in [2.05, 4.69) is 58.7 Å². The van der Waals surface area contributed by atoms with Crippen molar-refractivity contribution >= 4 is 17.6 Å².